The fraction of sp³-hybridized carbons (Fsp3) is 0.381. The van der Waals surface area contributed by atoms with Crippen molar-refractivity contribution in [2.75, 3.05) is 42.9 Å². The third-order valence-electron chi connectivity index (χ3n) is 5.00. The Hall–Kier alpha value is -1.81. The smallest absolute Gasteiger partial charge is 0.368 e. The standard InChI is InChI=1S/C21H23F3IN3O/c1-2-27-8-10-28(11-9-27)19-7-6-17(14-18(19)21(22,23)24)26-20(29)13-15-4-3-5-16(25)12-15/h3-7,12,14H,2,8-11,13H2,1H3,(H,26,29). The predicted octanol–water partition coefficient (Wildman–Crippen LogP) is 4.63. The fourth-order valence-electron chi connectivity index (χ4n) is 3.46. The Labute approximate surface area is 182 Å². The molecular formula is C21H23F3IN3O. The van der Waals surface area contributed by atoms with Crippen LogP contribution in [0.3, 0.4) is 0 Å². The van der Waals surface area contributed by atoms with Crippen LogP contribution in [-0.2, 0) is 17.4 Å². The second kappa shape index (κ2) is 9.34. The van der Waals surface area contributed by atoms with E-state index >= 15 is 0 Å². The van der Waals surface area contributed by atoms with Crippen molar-refractivity contribution >= 4 is 39.9 Å². The van der Waals surface area contributed by atoms with E-state index in [-0.39, 0.29) is 23.7 Å². The van der Waals surface area contributed by atoms with Crippen LogP contribution in [0.2, 0.25) is 0 Å². The van der Waals surface area contributed by atoms with Crippen molar-refractivity contribution in [3.63, 3.8) is 0 Å². The summed E-state index contributed by atoms with van der Waals surface area (Å²) in [6.07, 6.45) is -4.38. The van der Waals surface area contributed by atoms with Gasteiger partial charge in [-0.3, -0.25) is 4.79 Å². The third-order valence-corrected chi connectivity index (χ3v) is 5.67. The number of carbonyl (C=O) groups excluding carboxylic acids is 1. The molecule has 0 spiro atoms. The Morgan fingerprint density at radius 3 is 2.45 bits per heavy atom. The molecule has 0 aromatic heterocycles. The van der Waals surface area contributed by atoms with Crippen LogP contribution in [0.15, 0.2) is 42.5 Å². The van der Waals surface area contributed by atoms with E-state index in [0.29, 0.717) is 13.1 Å². The topological polar surface area (TPSA) is 35.6 Å². The van der Waals surface area contributed by atoms with E-state index in [1.807, 2.05) is 31.2 Å². The van der Waals surface area contributed by atoms with E-state index in [1.165, 1.54) is 6.07 Å². The summed E-state index contributed by atoms with van der Waals surface area (Å²) in [5.41, 5.74) is 0.429. The number of likely N-dealkylation sites (N-methyl/N-ethyl adjacent to an activating group) is 1. The number of anilines is 2. The van der Waals surface area contributed by atoms with Gasteiger partial charge in [0.2, 0.25) is 5.91 Å². The molecule has 1 fully saturated rings. The van der Waals surface area contributed by atoms with Gasteiger partial charge in [-0.05, 0) is 65.0 Å². The number of nitrogens with one attached hydrogen (secondary N) is 1. The van der Waals surface area contributed by atoms with Gasteiger partial charge in [0.15, 0.2) is 0 Å². The fourth-order valence-corrected chi connectivity index (χ4v) is 4.07. The van der Waals surface area contributed by atoms with E-state index < -0.39 is 11.7 Å². The largest absolute Gasteiger partial charge is 0.418 e. The number of hydrogen-bond donors (Lipinski definition) is 1. The van der Waals surface area contributed by atoms with Crippen LogP contribution in [-0.4, -0.2) is 43.5 Å². The summed E-state index contributed by atoms with van der Waals surface area (Å²) >= 11 is 2.15. The Balaban J connectivity index is 1.76. The Morgan fingerprint density at radius 2 is 1.83 bits per heavy atom. The number of nitrogens with zero attached hydrogens (tertiary/aromatic N) is 2. The maximum atomic E-state index is 13.7. The quantitative estimate of drug-likeness (QED) is 0.588. The zero-order valence-corrected chi connectivity index (χ0v) is 18.3. The SMILES string of the molecule is CCN1CCN(c2ccc(NC(=O)Cc3cccc(I)c3)cc2C(F)(F)F)CC1. The highest BCUT2D eigenvalue weighted by Crippen LogP contribution is 2.38. The van der Waals surface area contributed by atoms with Gasteiger partial charge < -0.3 is 15.1 Å². The zero-order chi connectivity index (χ0) is 21.0. The molecule has 2 aromatic carbocycles. The lowest BCUT2D eigenvalue weighted by Gasteiger charge is -2.36. The van der Waals surface area contributed by atoms with Crippen molar-refractivity contribution in [2.24, 2.45) is 0 Å². The molecule has 1 amide bonds. The zero-order valence-electron chi connectivity index (χ0n) is 16.1. The second-order valence-electron chi connectivity index (χ2n) is 7.01. The summed E-state index contributed by atoms with van der Waals surface area (Å²) < 4.78 is 42.1. The van der Waals surface area contributed by atoms with E-state index in [4.69, 9.17) is 0 Å². The van der Waals surface area contributed by atoms with E-state index in [2.05, 4.69) is 32.8 Å². The summed E-state index contributed by atoms with van der Waals surface area (Å²) in [6.45, 7) is 5.52. The van der Waals surface area contributed by atoms with Crippen LogP contribution < -0.4 is 10.2 Å². The van der Waals surface area contributed by atoms with Crippen molar-refractivity contribution in [3.8, 4) is 0 Å². The first-order chi connectivity index (χ1) is 13.8. The Bertz CT molecular complexity index is 864. The number of amides is 1. The molecule has 0 unspecified atom stereocenters. The number of piperazine rings is 1. The highest BCUT2D eigenvalue weighted by Gasteiger charge is 2.36. The first-order valence-corrected chi connectivity index (χ1v) is 10.6. The molecule has 29 heavy (non-hydrogen) atoms. The highest BCUT2D eigenvalue weighted by molar-refractivity contribution is 14.1. The van der Waals surface area contributed by atoms with Gasteiger partial charge in [-0.1, -0.05) is 19.1 Å². The Morgan fingerprint density at radius 1 is 1.10 bits per heavy atom. The number of halogens is 4. The second-order valence-corrected chi connectivity index (χ2v) is 8.25. The predicted molar refractivity (Wildman–Crippen MR) is 117 cm³/mol. The van der Waals surface area contributed by atoms with Gasteiger partial charge in [-0.2, -0.15) is 13.2 Å². The molecule has 1 aliphatic rings. The molecule has 0 atom stereocenters. The van der Waals surface area contributed by atoms with Gasteiger partial charge in [-0.15, -0.1) is 0 Å². The average molecular weight is 517 g/mol. The van der Waals surface area contributed by atoms with Crippen molar-refractivity contribution in [3.05, 3.63) is 57.2 Å². The number of carbonyl (C=O) groups is 1. The van der Waals surface area contributed by atoms with Gasteiger partial charge in [0, 0.05) is 41.1 Å². The minimum Gasteiger partial charge on any atom is -0.368 e. The molecule has 4 nitrogen and oxygen atoms in total. The van der Waals surface area contributed by atoms with E-state index in [1.54, 1.807) is 11.0 Å². The summed E-state index contributed by atoms with van der Waals surface area (Å²) in [4.78, 5) is 16.3. The molecule has 8 heteroatoms. The van der Waals surface area contributed by atoms with Gasteiger partial charge in [0.25, 0.3) is 0 Å². The van der Waals surface area contributed by atoms with Crippen LogP contribution in [0.25, 0.3) is 0 Å². The molecule has 2 aromatic rings. The van der Waals surface area contributed by atoms with Gasteiger partial charge >= 0.3 is 6.18 Å². The van der Waals surface area contributed by atoms with Gasteiger partial charge in [0.05, 0.1) is 12.0 Å². The van der Waals surface area contributed by atoms with Crippen molar-refractivity contribution in [1.82, 2.24) is 4.90 Å². The summed E-state index contributed by atoms with van der Waals surface area (Å²) in [5, 5.41) is 2.60. The number of rotatable bonds is 5. The summed E-state index contributed by atoms with van der Waals surface area (Å²) in [5.74, 6) is -0.343. The molecule has 0 saturated carbocycles. The van der Waals surface area contributed by atoms with Crippen molar-refractivity contribution in [2.45, 2.75) is 19.5 Å². The van der Waals surface area contributed by atoms with E-state index in [0.717, 1.165) is 34.8 Å². The maximum Gasteiger partial charge on any atom is 0.418 e. The Kier molecular flexibility index (Phi) is 7.05. The lowest BCUT2D eigenvalue weighted by atomic mass is 10.1. The molecule has 1 saturated heterocycles. The maximum absolute atomic E-state index is 13.7. The molecule has 156 valence electrons. The normalized spacial score (nSPS) is 15.4. The highest BCUT2D eigenvalue weighted by atomic mass is 127. The lowest BCUT2D eigenvalue weighted by molar-refractivity contribution is -0.137. The van der Waals surface area contributed by atoms with Crippen LogP contribution in [0, 0.1) is 3.57 Å². The molecule has 1 aliphatic heterocycles. The monoisotopic (exact) mass is 517 g/mol. The minimum atomic E-state index is -4.49. The lowest BCUT2D eigenvalue weighted by Crippen LogP contribution is -2.46. The minimum absolute atomic E-state index is 0.110. The van der Waals surface area contributed by atoms with Crippen molar-refractivity contribution < 1.29 is 18.0 Å². The first-order valence-electron chi connectivity index (χ1n) is 9.49. The molecule has 0 radical (unpaired) electrons. The molecule has 1 N–H and O–H groups in total. The molecule has 0 bridgehead atoms. The number of hydrogen-bond acceptors (Lipinski definition) is 3. The van der Waals surface area contributed by atoms with Crippen LogP contribution in [0.1, 0.15) is 18.1 Å². The number of benzene rings is 2. The molecule has 0 aliphatic carbocycles. The molecular weight excluding hydrogens is 494 g/mol. The van der Waals surface area contributed by atoms with E-state index in [9.17, 15) is 18.0 Å². The summed E-state index contributed by atoms with van der Waals surface area (Å²) in [6, 6.07) is 11.5. The molecule has 1 heterocycles. The summed E-state index contributed by atoms with van der Waals surface area (Å²) in [7, 11) is 0. The third kappa shape index (κ3) is 5.85. The van der Waals surface area contributed by atoms with Crippen molar-refractivity contribution in [1.29, 1.82) is 0 Å². The van der Waals surface area contributed by atoms with Gasteiger partial charge in [-0.25, -0.2) is 0 Å². The molecule has 3 rings (SSSR count). The van der Waals surface area contributed by atoms with Crippen LogP contribution >= 0.6 is 22.6 Å². The van der Waals surface area contributed by atoms with Crippen LogP contribution in [0.4, 0.5) is 24.5 Å². The van der Waals surface area contributed by atoms with Crippen LogP contribution in [0.5, 0.6) is 0 Å². The van der Waals surface area contributed by atoms with Gasteiger partial charge in [0.1, 0.15) is 0 Å². The average Bonchev–Trinajstić information content (AvgIpc) is 2.67. The first kappa shape index (κ1) is 21.9. The number of alkyl halides is 3.